The van der Waals surface area contributed by atoms with Crippen molar-refractivity contribution in [1.82, 2.24) is 5.32 Å². The molecular formula is C20H33N. The van der Waals surface area contributed by atoms with Crippen molar-refractivity contribution in [3.8, 4) is 0 Å². The molecule has 1 saturated carbocycles. The van der Waals surface area contributed by atoms with E-state index in [1.807, 2.05) is 0 Å². The molecular weight excluding hydrogens is 254 g/mol. The molecule has 0 amide bonds. The summed E-state index contributed by atoms with van der Waals surface area (Å²) in [6, 6.07) is 10.1. The van der Waals surface area contributed by atoms with Crippen LogP contribution >= 0.6 is 0 Å². The van der Waals surface area contributed by atoms with E-state index in [2.05, 4.69) is 57.3 Å². The van der Waals surface area contributed by atoms with Crippen molar-refractivity contribution < 1.29 is 0 Å². The molecule has 0 heterocycles. The second kappa shape index (κ2) is 7.98. The highest BCUT2D eigenvalue weighted by Gasteiger charge is 2.29. The normalized spacial score (nSPS) is 26.2. The van der Waals surface area contributed by atoms with E-state index < -0.39 is 0 Å². The summed E-state index contributed by atoms with van der Waals surface area (Å²) < 4.78 is 0. The molecule has 3 atom stereocenters. The van der Waals surface area contributed by atoms with E-state index in [0.717, 1.165) is 24.4 Å². The fraction of sp³-hybridized carbons (Fsp3) is 0.700. The van der Waals surface area contributed by atoms with Gasteiger partial charge in [0.05, 0.1) is 0 Å². The second-order valence-electron chi connectivity index (χ2n) is 7.11. The summed E-state index contributed by atoms with van der Waals surface area (Å²) in [5, 5.41) is 3.73. The van der Waals surface area contributed by atoms with Crippen molar-refractivity contribution in [3.63, 3.8) is 0 Å². The maximum atomic E-state index is 3.73. The molecule has 1 nitrogen and oxygen atoms in total. The van der Waals surface area contributed by atoms with Crippen LogP contribution in [-0.2, 0) is 6.42 Å². The molecule has 3 unspecified atom stereocenters. The van der Waals surface area contributed by atoms with Gasteiger partial charge >= 0.3 is 0 Å². The average molecular weight is 287 g/mol. The Morgan fingerprint density at radius 2 is 1.81 bits per heavy atom. The van der Waals surface area contributed by atoms with Gasteiger partial charge in [0.25, 0.3) is 0 Å². The average Bonchev–Trinajstić information content (AvgIpc) is 2.49. The first kappa shape index (κ1) is 16.5. The van der Waals surface area contributed by atoms with Gasteiger partial charge in [0.2, 0.25) is 0 Å². The summed E-state index contributed by atoms with van der Waals surface area (Å²) in [5.74, 6) is 2.39. The lowest BCUT2D eigenvalue weighted by Gasteiger charge is -2.36. The minimum absolute atomic E-state index is 0.632. The standard InChI is InChI=1S/C20H33N/c1-5-16-9-12-20(21-6-2)19(13-16)14-17-7-10-18(11-8-17)15(3)4/h7-8,10-11,15-16,19-21H,5-6,9,12-14H2,1-4H3. The Hall–Kier alpha value is -0.820. The summed E-state index contributed by atoms with van der Waals surface area (Å²) in [6.45, 7) is 10.2. The molecule has 0 radical (unpaired) electrons. The van der Waals surface area contributed by atoms with Crippen LogP contribution in [0.15, 0.2) is 24.3 Å². The third kappa shape index (κ3) is 4.57. The first-order valence-corrected chi connectivity index (χ1v) is 8.96. The zero-order valence-electron chi connectivity index (χ0n) is 14.4. The van der Waals surface area contributed by atoms with Gasteiger partial charge in [-0.2, -0.15) is 0 Å². The molecule has 1 aliphatic carbocycles. The van der Waals surface area contributed by atoms with Crippen LogP contribution in [0.3, 0.4) is 0 Å². The zero-order chi connectivity index (χ0) is 15.2. The number of benzene rings is 1. The van der Waals surface area contributed by atoms with Crippen molar-refractivity contribution in [3.05, 3.63) is 35.4 Å². The molecule has 0 aliphatic heterocycles. The Bertz CT molecular complexity index is 406. The van der Waals surface area contributed by atoms with Gasteiger partial charge in [-0.3, -0.25) is 0 Å². The Labute approximate surface area is 131 Å². The smallest absolute Gasteiger partial charge is 0.00985 e. The Morgan fingerprint density at radius 3 is 2.38 bits per heavy atom. The highest BCUT2D eigenvalue weighted by Crippen LogP contribution is 2.33. The van der Waals surface area contributed by atoms with Gasteiger partial charge < -0.3 is 5.32 Å². The summed E-state index contributed by atoms with van der Waals surface area (Å²) >= 11 is 0. The van der Waals surface area contributed by atoms with Gasteiger partial charge in [-0.05, 0) is 61.1 Å². The van der Waals surface area contributed by atoms with Gasteiger partial charge in [0.15, 0.2) is 0 Å². The van der Waals surface area contributed by atoms with Gasteiger partial charge in [-0.15, -0.1) is 0 Å². The van der Waals surface area contributed by atoms with Crippen molar-refractivity contribution in [2.45, 2.75) is 71.8 Å². The Balaban J connectivity index is 2.02. The summed E-state index contributed by atoms with van der Waals surface area (Å²) in [7, 11) is 0. The maximum Gasteiger partial charge on any atom is 0.00985 e. The van der Waals surface area contributed by atoms with E-state index in [9.17, 15) is 0 Å². The molecule has 0 aromatic heterocycles. The molecule has 0 saturated heterocycles. The monoisotopic (exact) mass is 287 g/mol. The van der Waals surface area contributed by atoms with Crippen LogP contribution < -0.4 is 5.32 Å². The highest BCUT2D eigenvalue weighted by atomic mass is 14.9. The van der Waals surface area contributed by atoms with E-state index >= 15 is 0 Å². The SMILES string of the molecule is CCNC1CCC(CC)CC1Cc1ccc(C(C)C)cc1. The topological polar surface area (TPSA) is 12.0 Å². The predicted molar refractivity (Wildman–Crippen MR) is 92.8 cm³/mol. The van der Waals surface area contributed by atoms with Crippen LogP contribution in [0, 0.1) is 11.8 Å². The van der Waals surface area contributed by atoms with E-state index in [-0.39, 0.29) is 0 Å². The molecule has 21 heavy (non-hydrogen) atoms. The lowest BCUT2D eigenvalue weighted by atomic mass is 9.74. The van der Waals surface area contributed by atoms with Crippen LogP contribution in [0.5, 0.6) is 0 Å². The molecule has 1 aromatic rings. The molecule has 1 aromatic carbocycles. The van der Waals surface area contributed by atoms with Gasteiger partial charge in [0, 0.05) is 6.04 Å². The first-order valence-electron chi connectivity index (χ1n) is 8.96. The van der Waals surface area contributed by atoms with Crippen molar-refractivity contribution in [1.29, 1.82) is 0 Å². The van der Waals surface area contributed by atoms with E-state index in [1.54, 1.807) is 0 Å². The van der Waals surface area contributed by atoms with Crippen molar-refractivity contribution in [2.24, 2.45) is 11.8 Å². The van der Waals surface area contributed by atoms with E-state index in [4.69, 9.17) is 0 Å². The number of hydrogen-bond acceptors (Lipinski definition) is 1. The number of rotatable bonds is 6. The minimum Gasteiger partial charge on any atom is -0.314 e. The highest BCUT2D eigenvalue weighted by molar-refractivity contribution is 5.25. The second-order valence-corrected chi connectivity index (χ2v) is 7.11. The summed E-state index contributed by atoms with van der Waals surface area (Å²) in [6.07, 6.45) is 6.77. The lowest BCUT2D eigenvalue weighted by Crippen LogP contribution is -2.41. The minimum atomic E-state index is 0.632. The van der Waals surface area contributed by atoms with Crippen molar-refractivity contribution in [2.75, 3.05) is 6.54 Å². The largest absolute Gasteiger partial charge is 0.314 e. The van der Waals surface area contributed by atoms with Gasteiger partial charge in [-0.25, -0.2) is 0 Å². The van der Waals surface area contributed by atoms with Crippen LogP contribution in [-0.4, -0.2) is 12.6 Å². The third-order valence-corrected chi connectivity index (χ3v) is 5.28. The molecule has 118 valence electrons. The third-order valence-electron chi connectivity index (χ3n) is 5.28. The summed E-state index contributed by atoms with van der Waals surface area (Å²) in [4.78, 5) is 0. The Morgan fingerprint density at radius 1 is 1.10 bits per heavy atom. The van der Waals surface area contributed by atoms with Crippen LogP contribution in [0.2, 0.25) is 0 Å². The first-order chi connectivity index (χ1) is 10.1. The van der Waals surface area contributed by atoms with Crippen LogP contribution in [0.1, 0.15) is 70.4 Å². The number of hydrogen-bond donors (Lipinski definition) is 1. The Kier molecular flexibility index (Phi) is 6.29. The molecule has 1 fully saturated rings. The number of nitrogens with one attached hydrogen (secondary N) is 1. The lowest BCUT2D eigenvalue weighted by molar-refractivity contribution is 0.200. The van der Waals surface area contributed by atoms with Crippen molar-refractivity contribution >= 4 is 0 Å². The van der Waals surface area contributed by atoms with E-state index in [1.165, 1.54) is 43.2 Å². The summed E-state index contributed by atoms with van der Waals surface area (Å²) in [5.41, 5.74) is 2.97. The van der Waals surface area contributed by atoms with Crippen LogP contribution in [0.4, 0.5) is 0 Å². The molecule has 1 heteroatoms. The maximum absolute atomic E-state index is 3.73. The molecule has 1 N–H and O–H groups in total. The molecule has 1 aliphatic rings. The van der Waals surface area contributed by atoms with Crippen LogP contribution in [0.25, 0.3) is 0 Å². The molecule has 0 spiro atoms. The predicted octanol–water partition coefficient (Wildman–Crippen LogP) is 5.16. The quantitative estimate of drug-likeness (QED) is 0.762. The van der Waals surface area contributed by atoms with Gasteiger partial charge in [-0.1, -0.05) is 58.4 Å². The molecule has 2 rings (SSSR count). The van der Waals surface area contributed by atoms with Gasteiger partial charge in [0.1, 0.15) is 0 Å². The zero-order valence-corrected chi connectivity index (χ0v) is 14.4. The fourth-order valence-electron chi connectivity index (χ4n) is 3.83. The fourth-order valence-corrected chi connectivity index (χ4v) is 3.83. The van der Waals surface area contributed by atoms with E-state index in [0.29, 0.717) is 5.92 Å². The molecule has 0 bridgehead atoms.